The number of ether oxygens (including phenoxy) is 1. The standard InChI is InChI=1S/C26H23BrClN3O2/c1-31(2)15-20-21(13-29)25(32)24-22(12-19(28)14-30-24)33-26(25,17-8-10-18(27)11-9-17)23(20)16-6-4-3-5-7-16/h3-12,14,20-21,23,32H,15H2,1-2H3. The van der Waals surface area contributed by atoms with Gasteiger partial charge in [0.05, 0.1) is 17.0 Å². The van der Waals surface area contributed by atoms with Crippen LogP contribution in [0, 0.1) is 23.2 Å². The third kappa shape index (κ3) is 3.14. The lowest BCUT2D eigenvalue weighted by Gasteiger charge is -2.40. The zero-order chi connectivity index (χ0) is 23.4. The summed E-state index contributed by atoms with van der Waals surface area (Å²) in [5.74, 6) is -0.877. The summed E-state index contributed by atoms with van der Waals surface area (Å²) in [5.41, 5.74) is -0.768. The average Bonchev–Trinajstić information content (AvgIpc) is 3.15. The fraction of sp³-hybridized carbons (Fsp3) is 0.308. The van der Waals surface area contributed by atoms with E-state index in [2.05, 4.69) is 31.9 Å². The van der Waals surface area contributed by atoms with Gasteiger partial charge < -0.3 is 14.7 Å². The van der Waals surface area contributed by atoms with Crippen molar-refractivity contribution in [1.29, 1.82) is 5.26 Å². The Balaban J connectivity index is 1.87. The first-order chi connectivity index (χ1) is 15.8. The quantitative estimate of drug-likeness (QED) is 0.515. The van der Waals surface area contributed by atoms with Gasteiger partial charge in [-0.3, -0.25) is 4.98 Å². The zero-order valence-electron chi connectivity index (χ0n) is 18.2. The number of nitrogens with zero attached hydrogens (tertiary/aromatic N) is 3. The molecule has 5 atom stereocenters. The molecular weight excluding hydrogens is 502 g/mol. The van der Waals surface area contributed by atoms with Gasteiger partial charge in [0.1, 0.15) is 11.4 Å². The number of rotatable bonds is 4. The van der Waals surface area contributed by atoms with Gasteiger partial charge in [-0.05, 0) is 37.4 Å². The van der Waals surface area contributed by atoms with E-state index in [-0.39, 0.29) is 11.8 Å². The molecule has 5 nitrogen and oxygen atoms in total. The van der Waals surface area contributed by atoms with Gasteiger partial charge in [0.2, 0.25) is 0 Å². The second-order valence-electron chi connectivity index (χ2n) is 9.03. The Bertz CT molecular complexity index is 1230. The van der Waals surface area contributed by atoms with Gasteiger partial charge in [0, 0.05) is 35.1 Å². The molecule has 7 heteroatoms. The van der Waals surface area contributed by atoms with Crippen LogP contribution in [0.1, 0.15) is 22.7 Å². The summed E-state index contributed by atoms with van der Waals surface area (Å²) in [4.78, 5) is 6.58. The van der Waals surface area contributed by atoms with Crippen LogP contribution in [0.3, 0.4) is 0 Å². The molecule has 1 aliphatic carbocycles. The maximum Gasteiger partial charge on any atom is 0.177 e. The highest BCUT2D eigenvalue weighted by Crippen LogP contribution is 2.70. The minimum absolute atomic E-state index is 0.216. The number of aromatic nitrogens is 1. The smallest absolute Gasteiger partial charge is 0.177 e. The van der Waals surface area contributed by atoms with Crippen molar-refractivity contribution in [3.63, 3.8) is 0 Å². The number of fused-ring (bicyclic) bond motifs is 3. The lowest BCUT2D eigenvalue weighted by atomic mass is 9.71. The maximum absolute atomic E-state index is 12.6. The van der Waals surface area contributed by atoms with E-state index in [0.29, 0.717) is 23.0 Å². The third-order valence-electron chi connectivity index (χ3n) is 6.91. The number of hydrogen-bond donors (Lipinski definition) is 1. The summed E-state index contributed by atoms with van der Waals surface area (Å²) < 4.78 is 7.67. The number of nitriles is 1. The van der Waals surface area contributed by atoms with E-state index in [4.69, 9.17) is 16.3 Å². The van der Waals surface area contributed by atoms with E-state index in [1.165, 1.54) is 6.20 Å². The van der Waals surface area contributed by atoms with Crippen LogP contribution in [0.2, 0.25) is 5.02 Å². The zero-order valence-corrected chi connectivity index (χ0v) is 20.6. The Labute approximate surface area is 206 Å². The Morgan fingerprint density at radius 1 is 1.18 bits per heavy atom. The Hall–Kier alpha value is -2.43. The molecule has 3 aromatic rings. The number of benzene rings is 2. The van der Waals surface area contributed by atoms with E-state index in [1.807, 2.05) is 68.7 Å². The van der Waals surface area contributed by atoms with Gasteiger partial charge in [-0.15, -0.1) is 0 Å². The van der Waals surface area contributed by atoms with Gasteiger partial charge in [-0.2, -0.15) is 5.26 Å². The van der Waals surface area contributed by atoms with E-state index in [1.54, 1.807) is 6.07 Å². The highest BCUT2D eigenvalue weighted by Gasteiger charge is 2.77. The molecule has 5 rings (SSSR count). The van der Waals surface area contributed by atoms with Crippen molar-refractivity contribution >= 4 is 27.5 Å². The fourth-order valence-electron chi connectivity index (χ4n) is 5.81. The highest BCUT2D eigenvalue weighted by atomic mass is 79.9. The number of aliphatic hydroxyl groups is 1. The molecule has 0 radical (unpaired) electrons. The van der Waals surface area contributed by atoms with Crippen molar-refractivity contribution in [1.82, 2.24) is 9.88 Å². The molecule has 2 heterocycles. The van der Waals surface area contributed by atoms with E-state index in [9.17, 15) is 10.4 Å². The molecule has 0 spiro atoms. The SMILES string of the molecule is CN(C)CC1C(C#N)C2(O)c3ncc(Cl)cc3OC2(c2ccc(Br)cc2)C1c1ccccc1. The van der Waals surface area contributed by atoms with E-state index < -0.39 is 17.1 Å². The molecule has 2 aromatic carbocycles. The average molecular weight is 525 g/mol. The predicted molar refractivity (Wildman–Crippen MR) is 130 cm³/mol. The Kier molecular flexibility index (Phi) is 5.49. The van der Waals surface area contributed by atoms with Crippen LogP contribution >= 0.6 is 27.5 Å². The van der Waals surface area contributed by atoms with Crippen LogP contribution in [-0.2, 0) is 11.2 Å². The molecule has 1 saturated carbocycles. The second-order valence-corrected chi connectivity index (χ2v) is 10.4. The second kappa shape index (κ2) is 8.11. The van der Waals surface area contributed by atoms with Gasteiger partial charge >= 0.3 is 0 Å². The van der Waals surface area contributed by atoms with Crippen LogP contribution in [-0.4, -0.2) is 35.6 Å². The normalized spacial score (nSPS) is 29.9. The molecule has 168 valence electrons. The molecule has 5 unspecified atom stereocenters. The Morgan fingerprint density at radius 3 is 2.52 bits per heavy atom. The molecule has 0 saturated heterocycles. The summed E-state index contributed by atoms with van der Waals surface area (Å²) in [6, 6.07) is 21.9. The van der Waals surface area contributed by atoms with Crippen LogP contribution in [0.25, 0.3) is 0 Å². The van der Waals surface area contributed by atoms with Crippen molar-refractivity contribution in [3.8, 4) is 11.8 Å². The van der Waals surface area contributed by atoms with Crippen LogP contribution in [0.5, 0.6) is 5.75 Å². The van der Waals surface area contributed by atoms with Crippen molar-refractivity contribution in [2.45, 2.75) is 17.1 Å². The summed E-state index contributed by atoms with van der Waals surface area (Å²) in [6.45, 7) is 0.602. The Morgan fingerprint density at radius 2 is 1.88 bits per heavy atom. The molecule has 1 fully saturated rings. The largest absolute Gasteiger partial charge is 0.476 e. The van der Waals surface area contributed by atoms with Crippen molar-refractivity contribution in [3.05, 3.63) is 93.2 Å². The third-order valence-corrected chi connectivity index (χ3v) is 7.64. The summed E-state index contributed by atoms with van der Waals surface area (Å²) in [7, 11) is 3.96. The van der Waals surface area contributed by atoms with E-state index in [0.717, 1.165) is 15.6 Å². The summed E-state index contributed by atoms with van der Waals surface area (Å²) in [6.07, 6.45) is 1.50. The maximum atomic E-state index is 12.6. The fourth-order valence-corrected chi connectivity index (χ4v) is 6.23. The lowest BCUT2D eigenvalue weighted by molar-refractivity contribution is -0.120. The minimum Gasteiger partial charge on any atom is -0.476 e. The number of halogens is 2. The number of pyridine rings is 1. The molecule has 0 bridgehead atoms. The number of hydrogen-bond acceptors (Lipinski definition) is 5. The van der Waals surface area contributed by atoms with Crippen molar-refractivity contribution in [2.75, 3.05) is 20.6 Å². The monoisotopic (exact) mass is 523 g/mol. The van der Waals surface area contributed by atoms with Gasteiger partial charge in [0.25, 0.3) is 0 Å². The summed E-state index contributed by atoms with van der Waals surface area (Å²) in [5, 5.41) is 23.5. The molecule has 33 heavy (non-hydrogen) atoms. The molecule has 1 N–H and O–H groups in total. The molecule has 0 amide bonds. The van der Waals surface area contributed by atoms with E-state index >= 15 is 0 Å². The first-order valence-corrected chi connectivity index (χ1v) is 11.9. The first-order valence-electron chi connectivity index (χ1n) is 10.8. The topological polar surface area (TPSA) is 69.4 Å². The lowest BCUT2D eigenvalue weighted by Crippen LogP contribution is -2.50. The van der Waals surface area contributed by atoms with Gasteiger partial charge in [-0.25, -0.2) is 0 Å². The molecule has 2 aliphatic rings. The van der Waals surface area contributed by atoms with Gasteiger partial charge in [-0.1, -0.05) is 70.0 Å². The van der Waals surface area contributed by atoms with Crippen LogP contribution in [0.4, 0.5) is 0 Å². The van der Waals surface area contributed by atoms with Gasteiger partial charge in [0.15, 0.2) is 11.2 Å². The predicted octanol–water partition coefficient (Wildman–Crippen LogP) is 5.09. The molecule has 1 aromatic heterocycles. The summed E-state index contributed by atoms with van der Waals surface area (Å²) >= 11 is 9.77. The van der Waals surface area contributed by atoms with Crippen molar-refractivity contribution in [2.24, 2.45) is 11.8 Å². The first kappa shape index (κ1) is 22.4. The highest BCUT2D eigenvalue weighted by molar-refractivity contribution is 9.10. The van der Waals surface area contributed by atoms with Crippen LogP contribution < -0.4 is 4.74 Å². The van der Waals surface area contributed by atoms with Crippen LogP contribution in [0.15, 0.2) is 71.3 Å². The molecular formula is C26H23BrClN3O2. The minimum atomic E-state index is -1.67. The van der Waals surface area contributed by atoms with Crippen molar-refractivity contribution < 1.29 is 9.84 Å². The molecule has 1 aliphatic heterocycles.